The van der Waals surface area contributed by atoms with E-state index in [2.05, 4.69) is 0 Å². The summed E-state index contributed by atoms with van der Waals surface area (Å²) < 4.78 is 8.88. The third-order valence-electron chi connectivity index (χ3n) is 0. The fourth-order valence-electron chi connectivity index (χ4n) is 0. The Hall–Kier alpha value is 0.637. The second kappa shape index (κ2) is 4.79. The van der Waals surface area contributed by atoms with Crippen LogP contribution in [-0.2, 0) is 4.57 Å². The Morgan fingerprint density at radius 1 is 1.14 bits per heavy atom. The molecule has 0 aromatic carbocycles. The van der Waals surface area contributed by atoms with Crippen molar-refractivity contribution in [2.75, 3.05) is 0 Å². The Kier molecular flexibility index (Phi) is 10.7. The van der Waals surface area contributed by atoms with E-state index in [0.717, 1.165) is 0 Å². The molecule has 0 aromatic heterocycles. The zero-order valence-corrected chi connectivity index (χ0v) is 3.50. The molecule has 0 aliphatic heterocycles. The zero-order valence-electron chi connectivity index (χ0n) is 2.61. The third kappa shape index (κ3) is 351. The average Bonchev–Trinajstić information content (AvgIpc) is 0.722. The van der Waals surface area contributed by atoms with E-state index in [-0.39, 0.29) is 23.6 Å². The van der Waals surface area contributed by atoms with Crippen LogP contribution in [0.3, 0.4) is 0 Å². The molecule has 0 amide bonds. The molecule has 0 atom stereocenters. The van der Waals surface area contributed by atoms with E-state index < -0.39 is 7.82 Å². The van der Waals surface area contributed by atoms with Crippen LogP contribution in [0.25, 0.3) is 0 Å². The number of rotatable bonds is 0. The van der Waals surface area contributed by atoms with Crippen LogP contribution in [-0.4, -0.2) is 33.5 Å². The Labute approximate surface area is 51.3 Å². The molecule has 0 saturated heterocycles. The van der Waals surface area contributed by atoms with Crippen molar-refractivity contribution in [1.29, 1.82) is 0 Å². The molecule has 0 saturated carbocycles. The van der Waals surface area contributed by atoms with E-state index in [1.165, 1.54) is 0 Å². The van der Waals surface area contributed by atoms with E-state index in [4.69, 9.17) is 19.2 Å². The van der Waals surface area contributed by atoms with Crippen molar-refractivity contribution in [1.82, 2.24) is 0 Å². The van der Waals surface area contributed by atoms with Gasteiger partial charge in [0.2, 0.25) is 0 Å². The van der Waals surface area contributed by atoms with Gasteiger partial charge in [-0.15, -0.1) is 0 Å². The summed E-state index contributed by atoms with van der Waals surface area (Å²) in [5.41, 5.74) is 0. The second-order valence-corrected chi connectivity index (χ2v) is 1.54. The fraction of sp³-hybridized carbons (Fsp3) is 0. The standard InChI is InChI=1S/FH.Li.H3O4P.H/c;;1-5(2,3)4;/h1H;;(H3,1,2,3,4);. The maximum absolute atomic E-state index is 8.88. The molecule has 0 unspecified atom stereocenters. The van der Waals surface area contributed by atoms with Crippen molar-refractivity contribution in [3.05, 3.63) is 0 Å². The van der Waals surface area contributed by atoms with E-state index in [1.54, 1.807) is 0 Å². The van der Waals surface area contributed by atoms with E-state index >= 15 is 0 Å². The summed E-state index contributed by atoms with van der Waals surface area (Å²) in [5, 5.41) is 0. The van der Waals surface area contributed by atoms with E-state index in [0.29, 0.717) is 0 Å². The van der Waals surface area contributed by atoms with Gasteiger partial charge in [-0.1, -0.05) is 0 Å². The average molecular weight is 126 g/mol. The Bertz CT molecular complexity index is 57.8. The molecular weight excluding hydrogens is 121 g/mol. The first-order valence-electron chi connectivity index (χ1n) is 0.783. The summed E-state index contributed by atoms with van der Waals surface area (Å²) >= 11 is 0. The van der Waals surface area contributed by atoms with Gasteiger partial charge in [-0.2, -0.15) is 0 Å². The summed E-state index contributed by atoms with van der Waals surface area (Å²) in [7, 11) is -4.64. The predicted octanol–water partition coefficient (Wildman–Crippen LogP) is -1.42. The summed E-state index contributed by atoms with van der Waals surface area (Å²) in [5.74, 6) is 0. The molecule has 0 aromatic rings. The van der Waals surface area contributed by atoms with Gasteiger partial charge in [-0.25, -0.2) is 4.57 Å². The van der Waals surface area contributed by atoms with Crippen molar-refractivity contribution in [2.24, 2.45) is 0 Å². The molecule has 7 heteroatoms. The normalized spacial score (nSPS) is 8.43. The Morgan fingerprint density at radius 2 is 1.14 bits per heavy atom. The molecule has 4 nitrogen and oxygen atoms in total. The van der Waals surface area contributed by atoms with E-state index in [9.17, 15) is 0 Å². The summed E-state index contributed by atoms with van der Waals surface area (Å²) in [6.45, 7) is 0. The van der Waals surface area contributed by atoms with Crippen molar-refractivity contribution in [2.45, 2.75) is 0 Å². The van der Waals surface area contributed by atoms with Gasteiger partial charge in [0.25, 0.3) is 0 Å². The monoisotopic (exact) mass is 126 g/mol. The van der Waals surface area contributed by atoms with Gasteiger partial charge < -0.3 is 14.7 Å². The van der Waals surface area contributed by atoms with Gasteiger partial charge in [0, 0.05) is 0 Å². The van der Waals surface area contributed by atoms with Gasteiger partial charge >= 0.3 is 26.7 Å². The first kappa shape index (κ1) is 15.6. The first-order valence-corrected chi connectivity index (χ1v) is 2.35. The van der Waals surface area contributed by atoms with Crippen molar-refractivity contribution in [3.8, 4) is 0 Å². The van der Waals surface area contributed by atoms with Crippen LogP contribution in [0, 0.1) is 0 Å². The number of halogens is 1. The van der Waals surface area contributed by atoms with Gasteiger partial charge in [-0.05, 0) is 0 Å². The third-order valence-corrected chi connectivity index (χ3v) is 0. The second-order valence-electron chi connectivity index (χ2n) is 0.513. The minimum absolute atomic E-state index is 0. The van der Waals surface area contributed by atoms with Crippen LogP contribution >= 0.6 is 7.82 Å². The molecule has 0 spiro atoms. The molecule has 3 N–H and O–H groups in total. The zero-order chi connectivity index (χ0) is 4.50. The number of hydrogen-bond acceptors (Lipinski definition) is 1. The molecule has 7 heavy (non-hydrogen) atoms. The molecular formula is H5FLiO4P. The molecule has 0 bridgehead atoms. The van der Waals surface area contributed by atoms with Gasteiger partial charge in [0.15, 0.2) is 0 Å². The SMILES string of the molecule is F.O=P(O)(O)O.[LiH]. The van der Waals surface area contributed by atoms with Crippen molar-refractivity contribution in [3.63, 3.8) is 0 Å². The van der Waals surface area contributed by atoms with Gasteiger partial charge in [-0.3, -0.25) is 4.70 Å². The van der Waals surface area contributed by atoms with Crippen LogP contribution in [0.4, 0.5) is 4.70 Å². The molecule has 0 aliphatic rings. The van der Waals surface area contributed by atoms with Crippen LogP contribution in [0.2, 0.25) is 0 Å². The first-order chi connectivity index (χ1) is 2.00. The topological polar surface area (TPSA) is 77.8 Å². The molecule has 0 radical (unpaired) electrons. The van der Waals surface area contributed by atoms with Gasteiger partial charge in [0.05, 0.1) is 0 Å². The van der Waals surface area contributed by atoms with Crippen LogP contribution < -0.4 is 0 Å². The molecule has 0 rings (SSSR count). The van der Waals surface area contributed by atoms with Crippen molar-refractivity contribution < 1.29 is 23.9 Å². The summed E-state index contributed by atoms with van der Waals surface area (Å²) in [6, 6.07) is 0. The van der Waals surface area contributed by atoms with E-state index in [1.807, 2.05) is 0 Å². The minimum atomic E-state index is -4.64. The summed E-state index contributed by atoms with van der Waals surface area (Å²) in [4.78, 5) is 21.6. The quantitative estimate of drug-likeness (QED) is 0.275. The van der Waals surface area contributed by atoms with Crippen molar-refractivity contribution >= 4 is 26.7 Å². The Morgan fingerprint density at radius 3 is 1.14 bits per heavy atom. The Balaban J connectivity index is -0.0000000800. The molecule has 42 valence electrons. The molecule has 0 aliphatic carbocycles. The number of phosphoric acid groups is 1. The summed E-state index contributed by atoms with van der Waals surface area (Å²) in [6.07, 6.45) is 0. The molecule has 0 fully saturated rings. The maximum atomic E-state index is 8.88. The number of hydrogen-bond donors (Lipinski definition) is 3. The van der Waals surface area contributed by atoms with Crippen LogP contribution in [0.1, 0.15) is 0 Å². The predicted molar refractivity (Wildman–Crippen MR) is 23.9 cm³/mol. The fourth-order valence-corrected chi connectivity index (χ4v) is 0. The van der Waals surface area contributed by atoms with Crippen LogP contribution in [0.5, 0.6) is 0 Å². The van der Waals surface area contributed by atoms with Crippen LogP contribution in [0.15, 0.2) is 0 Å². The molecule has 0 heterocycles. The van der Waals surface area contributed by atoms with Gasteiger partial charge in [0.1, 0.15) is 0 Å².